The highest BCUT2D eigenvalue weighted by atomic mass is 79.9. The highest BCUT2D eigenvalue weighted by Gasteiger charge is 2.19. The Bertz CT molecular complexity index is 453. The van der Waals surface area contributed by atoms with Gasteiger partial charge in [0.05, 0.1) is 15.0 Å². The smallest absolute Gasteiger partial charge is 0.294 e. The van der Waals surface area contributed by atoms with Gasteiger partial charge in [-0.15, -0.1) is 0 Å². The zero-order valence-electron chi connectivity index (χ0n) is 6.62. The van der Waals surface area contributed by atoms with Gasteiger partial charge in [0.1, 0.15) is 11.8 Å². The van der Waals surface area contributed by atoms with Gasteiger partial charge in [-0.2, -0.15) is 5.26 Å². The Labute approximate surface area is 95.9 Å². The number of nitrogens with zero attached hydrogens (tertiary/aromatic N) is 2. The first-order valence-electron chi connectivity index (χ1n) is 3.31. The number of nitrogen functional groups attached to an aromatic ring is 1. The number of halogens is 2. The van der Waals surface area contributed by atoms with Crippen molar-refractivity contribution in [1.29, 1.82) is 5.26 Å². The van der Waals surface area contributed by atoms with Crippen LogP contribution in [0.1, 0.15) is 5.56 Å². The highest BCUT2D eigenvalue weighted by Crippen LogP contribution is 2.37. The van der Waals surface area contributed by atoms with Crippen molar-refractivity contribution in [3.05, 3.63) is 30.7 Å². The molecule has 1 aromatic carbocycles. The van der Waals surface area contributed by atoms with Crippen molar-refractivity contribution in [2.24, 2.45) is 0 Å². The van der Waals surface area contributed by atoms with E-state index in [2.05, 4.69) is 31.9 Å². The fraction of sp³-hybridized carbons (Fsp3) is 0. The lowest BCUT2D eigenvalue weighted by molar-refractivity contribution is -0.384. The van der Waals surface area contributed by atoms with Gasteiger partial charge in [0, 0.05) is 10.5 Å². The molecule has 0 saturated heterocycles. The first-order chi connectivity index (χ1) is 6.49. The number of nitrogens with two attached hydrogens (primary N) is 1. The van der Waals surface area contributed by atoms with Crippen LogP contribution in [0, 0.1) is 21.4 Å². The molecule has 0 saturated carbocycles. The second kappa shape index (κ2) is 3.94. The summed E-state index contributed by atoms with van der Waals surface area (Å²) >= 11 is 6.08. The van der Waals surface area contributed by atoms with Crippen molar-refractivity contribution >= 4 is 43.2 Å². The highest BCUT2D eigenvalue weighted by molar-refractivity contribution is 9.11. The summed E-state index contributed by atoms with van der Waals surface area (Å²) in [6.07, 6.45) is 0. The van der Waals surface area contributed by atoms with Crippen LogP contribution in [0.15, 0.2) is 15.0 Å². The van der Waals surface area contributed by atoms with Gasteiger partial charge in [0.15, 0.2) is 0 Å². The van der Waals surface area contributed by atoms with Crippen LogP contribution < -0.4 is 5.73 Å². The normalized spacial score (nSPS) is 9.50. The minimum Gasteiger partial charge on any atom is -0.392 e. The maximum absolute atomic E-state index is 10.5. The summed E-state index contributed by atoms with van der Waals surface area (Å²) in [6.45, 7) is 0. The number of nitriles is 1. The SMILES string of the molecule is N#Cc1c(Br)cc([N+](=O)[O-])c(N)c1Br. The summed E-state index contributed by atoms with van der Waals surface area (Å²) in [4.78, 5) is 9.92. The van der Waals surface area contributed by atoms with Crippen LogP contribution in [0.5, 0.6) is 0 Å². The molecular formula is C7H3Br2N3O2. The molecule has 0 atom stereocenters. The van der Waals surface area contributed by atoms with Crippen molar-refractivity contribution in [1.82, 2.24) is 0 Å². The van der Waals surface area contributed by atoms with Crippen LogP contribution in [0.25, 0.3) is 0 Å². The summed E-state index contributed by atoms with van der Waals surface area (Å²) < 4.78 is 0.578. The van der Waals surface area contributed by atoms with E-state index >= 15 is 0 Å². The molecule has 0 bridgehead atoms. The Morgan fingerprint density at radius 3 is 2.57 bits per heavy atom. The van der Waals surface area contributed by atoms with Crippen LogP contribution in [-0.4, -0.2) is 4.92 Å². The monoisotopic (exact) mass is 319 g/mol. The summed E-state index contributed by atoms with van der Waals surface area (Å²) in [5.41, 5.74) is 5.43. The lowest BCUT2D eigenvalue weighted by Crippen LogP contribution is -1.98. The van der Waals surface area contributed by atoms with Gasteiger partial charge in [-0.05, 0) is 31.9 Å². The molecular weight excluding hydrogens is 318 g/mol. The van der Waals surface area contributed by atoms with E-state index in [1.165, 1.54) is 6.07 Å². The van der Waals surface area contributed by atoms with Crippen LogP contribution >= 0.6 is 31.9 Å². The summed E-state index contributed by atoms with van der Waals surface area (Å²) in [5, 5.41) is 19.2. The Hall–Kier alpha value is -1.13. The number of hydrogen-bond donors (Lipinski definition) is 1. The third-order valence-corrected chi connectivity index (χ3v) is 2.99. The Balaban J connectivity index is 3.58. The molecule has 0 unspecified atom stereocenters. The van der Waals surface area contributed by atoms with Gasteiger partial charge in [0.25, 0.3) is 5.69 Å². The van der Waals surface area contributed by atoms with Gasteiger partial charge in [0.2, 0.25) is 0 Å². The topological polar surface area (TPSA) is 92.9 Å². The summed E-state index contributed by atoms with van der Waals surface area (Å²) in [6, 6.07) is 3.08. The Morgan fingerprint density at radius 2 is 2.14 bits per heavy atom. The number of hydrogen-bond acceptors (Lipinski definition) is 4. The van der Waals surface area contributed by atoms with Crippen molar-refractivity contribution in [2.45, 2.75) is 0 Å². The number of rotatable bonds is 1. The van der Waals surface area contributed by atoms with Gasteiger partial charge < -0.3 is 5.73 Å². The predicted octanol–water partition coefficient (Wildman–Crippen LogP) is 2.57. The molecule has 0 aliphatic heterocycles. The molecule has 1 rings (SSSR count). The van der Waals surface area contributed by atoms with E-state index in [4.69, 9.17) is 11.0 Å². The second-order valence-electron chi connectivity index (χ2n) is 2.35. The zero-order chi connectivity index (χ0) is 10.9. The van der Waals surface area contributed by atoms with E-state index in [0.717, 1.165) is 0 Å². The van der Waals surface area contributed by atoms with Crippen LogP contribution in [0.2, 0.25) is 0 Å². The molecule has 0 aliphatic carbocycles. The molecule has 0 heterocycles. The standard InChI is InChI=1S/C7H3Br2N3O2/c8-4-1-5(12(13)14)7(11)6(9)3(4)2-10/h1H,11H2. The molecule has 0 aromatic heterocycles. The van der Waals surface area contributed by atoms with Crippen molar-refractivity contribution < 1.29 is 4.92 Å². The molecule has 5 nitrogen and oxygen atoms in total. The van der Waals surface area contributed by atoms with Gasteiger partial charge in [-0.25, -0.2) is 0 Å². The van der Waals surface area contributed by atoms with E-state index in [1.807, 2.05) is 6.07 Å². The average molecular weight is 321 g/mol. The molecule has 0 fully saturated rings. The first kappa shape index (κ1) is 10.9. The maximum Gasteiger partial charge on any atom is 0.294 e. The third-order valence-electron chi connectivity index (χ3n) is 1.54. The van der Waals surface area contributed by atoms with Crippen molar-refractivity contribution in [3.8, 4) is 6.07 Å². The van der Waals surface area contributed by atoms with E-state index in [9.17, 15) is 10.1 Å². The van der Waals surface area contributed by atoms with Crippen LogP contribution in [0.4, 0.5) is 11.4 Å². The minimum atomic E-state index is -0.605. The molecule has 72 valence electrons. The summed E-state index contributed by atoms with van der Waals surface area (Å²) in [5.74, 6) is 0. The van der Waals surface area contributed by atoms with Crippen molar-refractivity contribution in [2.75, 3.05) is 5.73 Å². The third kappa shape index (κ3) is 1.71. The first-order valence-corrected chi connectivity index (χ1v) is 4.89. The zero-order valence-corrected chi connectivity index (χ0v) is 9.79. The molecule has 2 N–H and O–H groups in total. The van der Waals surface area contributed by atoms with E-state index in [-0.39, 0.29) is 21.4 Å². The second-order valence-corrected chi connectivity index (χ2v) is 4.00. The predicted molar refractivity (Wildman–Crippen MR) is 57.6 cm³/mol. The van der Waals surface area contributed by atoms with Crippen LogP contribution in [-0.2, 0) is 0 Å². The van der Waals surface area contributed by atoms with Crippen molar-refractivity contribution in [3.63, 3.8) is 0 Å². The number of nitro groups is 1. The molecule has 0 amide bonds. The van der Waals surface area contributed by atoms with Gasteiger partial charge >= 0.3 is 0 Å². The largest absolute Gasteiger partial charge is 0.392 e. The molecule has 0 radical (unpaired) electrons. The quantitative estimate of drug-likeness (QED) is 0.489. The van der Waals surface area contributed by atoms with Crippen LogP contribution in [0.3, 0.4) is 0 Å². The Kier molecular flexibility index (Phi) is 3.08. The lowest BCUT2D eigenvalue weighted by Gasteiger charge is -2.03. The fourth-order valence-corrected chi connectivity index (χ4v) is 2.15. The minimum absolute atomic E-state index is 0.0465. The fourth-order valence-electron chi connectivity index (χ4n) is 0.875. The number of anilines is 1. The average Bonchev–Trinajstić information content (AvgIpc) is 2.12. The molecule has 14 heavy (non-hydrogen) atoms. The molecule has 0 aliphatic rings. The number of benzene rings is 1. The van der Waals surface area contributed by atoms with E-state index in [1.54, 1.807) is 0 Å². The summed E-state index contributed by atoms with van der Waals surface area (Å²) in [7, 11) is 0. The van der Waals surface area contributed by atoms with Gasteiger partial charge in [-0.1, -0.05) is 0 Å². The van der Waals surface area contributed by atoms with Gasteiger partial charge in [-0.3, -0.25) is 10.1 Å². The number of nitro benzene ring substituents is 1. The molecule has 0 spiro atoms. The van der Waals surface area contributed by atoms with E-state index in [0.29, 0.717) is 4.47 Å². The lowest BCUT2D eigenvalue weighted by atomic mass is 10.2. The maximum atomic E-state index is 10.5. The molecule has 7 heteroatoms. The Morgan fingerprint density at radius 1 is 1.57 bits per heavy atom. The molecule has 1 aromatic rings. The van der Waals surface area contributed by atoms with E-state index < -0.39 is 4.92 Å².